The second-order valence-corrected chi connectivity index (χ2v) is 8.87. The van der Waals surface area contributed by atoms with Crippen LogP contribution in [0.5, 0.6) is 0 Å². The van der Waals surface area contributed by atoms with E-state index >= 15 is 0 Å². The van der Waals surface area contributed by atoms with Crippen molar-refractivity contribution in [2.24, 2.45) is 0 Å². The monoisotopic (exact) mass is 486 g/mol. The zero-order valence-corrected chi connectivity index (χ0v) is 19.9. The number of hydrogen-bond acceptors (Lipinski definition) is 8. The van der Waals surface area contributed by atoms with Crippen LogP contribution in [0.2, 0.25) is 0 Å². The molecule has 1 fully saturated rings. The summed E-state index contributed by atoms with van der Waals surface area (Å²) in [6, 6.07) is 18.2. The smallest absolute Gasteiger partial charge is 0.254 e. The Morgan fingerprint density at radius 1 is 0.971 bits per heavy atom. The third kappa shape index (κ3) is 7.41. The number of benzene rings is 2. The van der Waals surface area contributed by atoms with Crippen molar-refractivity contribution in [3.8, 4) is 0 Å². The molecule has 9 heteroatoms. The lowest BCUT2D eigenvalue weighted by molar-refractivity contribution is -0.190. The highest BCUT2D eigenvalue weighted by molar-refractivity contribution is 5.82. The van der Waals surface area contributed by atoms with Crippen molar-refractivity contribution in [3.05, 3.63) is 71.8 Å². The summed E-state index contributed by atoms with van der Waals surface area (Å²) in [4.78, 5) is 28.7. The predicted octanol–water partition coefficient (Wildman–Crippen LogP) is 0.214. The van der Waals surface area contributed by atoms with Gasteiger partial charge in [0.05, 0.1) is 19.8 Å². The van der Waals surface area contributed by atoms with Gasteiger partial charge in [-0.2, -0.15) is 0 Å². The maximum absolute atomic E-state index is 13.3. The van der Waals surface area contributed by atoms with Crippen LogP contribution in [-0.4, -0.2) is 101 Å². The quantitative estimate of drug-likeness (QED) is 0.365. The molecule has 4 atom stereocenters. The van der Waals surface area contributed by atoms with E-state index in [1.165, 1.54) is 0 Å². The van der Waals surface area contributed by atoms with E-state index in [4.69, 9.17) is 9.47 Å². The number of aldehydes is 1. The summed E-state index contributed by atoms with van der Waals surface area (Å²) in [5, 5.41) is 32.6. The van der Waals surface area contributed by atoms with Crippen LogP contribution < -0.4 is 0 Å². The zero-order valence-electron chi connectivity index (χ0n) is 19.9. The van der Waals surface area contributed by atoms with E-state index in [0.29, 0.717) is 26.2 Å². The van der Waals surface area contributed by atoms with E-state index in [1.54, 1.807) is 17.0 Å². The highest BCUT2D eigenvalue weighted by Gasteiger charge is 2.46. The minimum absolute atomic E-state index is 0.00120. The standard InChI is InChI=1S/C26H34N2O7/c1-27-12-14-28(15-13-27)25(32)23(35-17-21-10-6-3-7-11-21)22(30)24(31)26(33,18-29)19-34-16-20-8-4-2-5-9-20/h2-11,18,22-24,30-31,33H,12-17,19H2,1H3/t22-,23-,24+,26+/m1/s1. The topological polar surface area (TPSA) is 120 Å². The maximum Gasteiger partial charge on any atom is 0.254 e. The molecule has 0 aromatic heterocycles. The molecule has 3 rings (SSSR count). The molecule has 35 heavy (non-hydrogen) atoms. The molecule has 1 amide bonds. The molecular formula is C26H34N2O7. The van der Waals surface area contributed by atoms with Crippen molar-refractivity contribution in [1.82, 2.24) is 9.80 Å². The molecule has 0 spiro atoms. The maximum atomic E-state index is 13.3. The van der Waals surface area contributed by atoms with Crippen molar-refractivity contribution in [2.45, 2.75) is 37.1 Å². The third-order valence-corrected chi connectivity index (χ3v) is 6.13. The first kappa shape index (κ1) is 26.9. The number of piperazine rings is 1. The summed E-state index contributed by atoms with van der Waals surface area (Å²) in [5.74, 6) is -0.515. The molecule has 1 heterocycles. The predicted molar refractivity (Wildman–Crippen MR) is 128 cm³/mol. The zero-order chi connectivity index (χ0) is 25.3. The molecule has 0 aliphatic carbocycles. The van der Waals surface area contributed by atoms with Gasteiger partial charge in [0.2, 0.25) is 0 Å². The minimum Gasteiger partial charge on any atom is -0.387 e. The highest BCUT2D eigenvalue weighted by Crippen LogP contribution is 2.20. The average Bonchev–Trinajstić information content (AvgIpc) is 2.89. The van der Waals surface area contributed by atoms with Gasteiger partial charge in [-0.05, 0) is 18.2 Å². The van der Waals surface area contributed by atoms with Gasteiger partial charge in [0, 0.05) is 26.2 Å². The van der Waals surface area contributed by atoms with Gasteiger partial charge in [0.15, 0.2) is 18.0 Å². The largest absolute Gasteiger partial charge is 0.387 e. The molecule has 0 bridgehead atoms. The summed E-state index contributed by atoms with van der Waals surface area (Å²) in [5.41, 5.74) is -0.863. The van der Waals surface area contributed by atoms with E-state index in [9.17, 15) is 24.9 Å². The summed E-state index contributed by atoms with van der Waals surface area (Å²) >= 11 is 0. The summed E-state index contributed by atoms with van der Waals surface area (Å²) in [6.45, 7) is 1.69. The SMILES string of the molecule is CN1CCN(C(=O)[C@H](OCc2ccccc2)[C@@H](O)[C@H](O)[C@](O)(C=O)COCc2ccccc2)CC1. The van der Waals surface area contributed by atoms with E-state index in [0.717, 1.165) is 11.1 Å². The number of likely N-dealkylation sites (N-methyl/N-ethyl adjacent to an activating group) is 1. The van der Waals surface area contributed by atoms with Gasteiger partial charge >= 0.3 is 0 Å². The number of aliphatic hydroxyl groups is 3. The van der Waals surface area contributed by atoms with E-state index in [1.807, 2.05) is 55.6 Å². The third-order valence-electron chi connectivity index (χ3n) is 6.13. The first-order valence-electron chi connectivity index (χ1n) is 11.6. The Kier molecular flexibility index (Phi) is 9.91. The van der Waals surface area contributed by atoms with Crippen molar-refractivity contribution in [3.63, 3.8) is 0 Å². The Bertz CT molecular complexity index is 922. The van der Waals surface area contributed by atoms with Crippen LogP contribution >= 0.6 is 0 Å². The van der Waals surface area contributed by atoms with Gasteiger partial charge < -0.3 is 34.6 Å². The Morgan fingerprint density at radius 3 is 2.06 bits per heavy atom. The number of carbonyl (C=O) groups is 2. The molecule has 1 aliphatic rings. The fraction of sp³-hybridized carbons (Fsp3) is 0.462. The molecule has 9 nitrogen and oxygen atoms in total. The van der Waals surface area contributed by atoms with Gasteiger partial charge in [-0.15, -0.1) is 0 Å². The Hall–Kier alpha value is -2.66. The molecule has 2 aromatic rings. The summed E-state index contributed by atoms with van der Waals surface area (Å²) < 4.78 is 11.2. The second-order valence-electron chi connectivity index (χ2n) is 8.87. The first-order valence-corrected chi connectivity index (χ1v) is 11.6. The average molecular weight is 487 g/mol. The molecule has 2 aromatic carbocycles. The number of amides is 1. The molecule has 3 N–H and O–H groups in total. The molecule has 0 radical (unpaired) electrons. The number of hydrogen-bond donors (Lipinski definition) is 3. The summed E-state index contributed by atoms with van der Waals surface area (Å²) in [7, 11) is 1.95. The van der Waals surface area contributed by atoms with Crippen LogP contribution in [0.25, 0.3) is 0 Å². The molecule has 1 saturated heterocycles. The van der Waals surface area contributed by atoms with Crippen LogP contribution in [0.3, 0.4) is 0 Å². The molecular weight excluding hydrogens is 452 g/mol. The lowest BCUT2D eigenvalue weighted by atomic mass is 9.91. The number of carbonyl (C=O) groups excluding carboxylic acids is 2. The van der Waals surface area contributed by atoms with E-state index < -0.39 is 36.4 Å². The normalized spacial score (nSPS) is 18.9. The Morgan fingerprint density at radius 2 is 1.51 bits per heavy atom. The number of ether oxygens (including phenoxy) is 2. The van der Waals surface area contributed by atoms with Gasteiger partial charge in [0.1, 0.15) is 12.2 Å². The van der Waals surface area contributed by atoms with Gasteiger partial charge in [0.25, 0.3) is 5.91 Å². The minimum atomic E-state index is -2.44. The Labute approximate surface area is 205 Å². The van der Waals surface area contributed by atoms with Crippen LogP contribution in [-0.2, 0) is 32.3 Å². The van der Waals surface area contributed by atoms with Crippen LogP contribution in [0.1, 0.15) is 11.1 Å². The van der Waals surface area contributed by atoms with E-state index in [2.05, 4.69) is 4.90 Å². The first-order chi connectivity index (χ1) is 16.8. The lowest BCUT2D eigenvalue weighted by Crippen LogP contribution is -2.61. The van der Waals surface area contributed by atoms with Crippen molar-refractivity contribution < 1.29 is 34.4 Å². The molecule has 0 saturated carbocycles. The van der Waals surface area contributed by atoms with Gasteiger partial charge in [-0.3, -0.25) is 9.59 Å². The fourth-order valence-electron chi connectivity index (χ4n) is 3.84. The Balaban J connectivity index is 1.71. The number of aliphatic hydroxyl groups excluding tert-OH is 2. The van der Waals surface area contributed by atoms with Crippen LogP contribution in [0, 0.1) is 0 Å². The molecule has 1 aliphatic heterocycles. The number of nitrogens with zero attached hydrogens (tertiary/aromatic N) is 2. The van der Waals surface area contributed by atoms with Crippen LogP contribution in [0.4, 0.5) is 0 Å². The van der Waals surface area contributed by atoms with Gasteiger partial charge in [-0.1, -0.05) is 60.7 Å². The molecule has 190 valence electrons. The summed E-state index contributed by atoms with van der Waals surface area (Å²) in [6.07, 6.45) is -5.26. The van der Waals surface area contributed by atoms with Gasteiger partial charge in [-0.25, -0.2) is 0 Å². The van der Waals surface area contributed by atoms with E-state index in [-0.39, 0.29) is 19.5 Å². The van der Waals surface area contributed by atoms with Crippen molar-refractivity contribution in [1.29, 1.82) is 0 Å². The highest BCUT2D eigenvalue weighted by atomic mass is 16.5. The van der Waals surface area contributed by atoms with Crippen molar-refractivity contribution in [2.75, 3.05) is 39.8 Å². The van der Waals surface area contributed by atoms with Crippen LogP contribution in [0.15, 0.2) is 60.7 Å². The number of rotatable bonds is 12. The fourth-order valence-corrected chi connectivity index (χ4v) is 3.84. The van der Waals surface area contributed by atoms with Crippen molar-refractivity contribution >= 4 is 12.2 Å². The molecule has 0 unspecified atom stereocenters. The lowest BCUT2D eigenvalue weighted by Gasteiger charge is -2.38. The second kappa shape index (κ2) is 12.9.